The van der Waals surface area contributed by atoms with Gasteiger partial charge in [-0.2, -0.15) is 0 Å². The molecule has 0 spiro atoms. The molecule has 27 heavy (non-hydrogen) atoms. The van der Waals surface area contributed by atoms with E-state index in [-0.39, 0.29) is 5.41 Å². The van der Waals surface area contributed by atoms with Crippen LogP contribution in [0.15, 0.2) is 91.0 Å². The summed E-state index contributed by atoms with van der Waals surface area (Å²) in [5, 5.41) is 3.69. The lowest BCUT2D eigenvalue weighted by atomic mass is 9.70. The fourth-order valence-electron chi connectivity index (χ4n) is 5.01. The molecule has 2 aliphatic rings. The predicted octanol–water partition coefficient (Wildman–Crippen LogP) is 6.75. The number of rotatable bonds is 1. The summed E-state index contributed by atoms with van der Waals surface area (Å²) < 4.78 is 0. The summed E-state index contributed by atoms with van der Waals surface area (Å²) in [6.07, 6.45) is 0. The summed E-state index contributed by atoms with van der Waals surface area (Å²) in [7, 11) is 0. The van der Waals surface area contributed by atoms with Gasteiger partial charge in [-0.15, -0.1) is 0 Å². The van der Waals surface area contributed by atoms with E-state index in [1.54, 1.807) is 0 Å². The molecule has 1 unspecified atom stereocenters. The summed E-state index contributed by atoms with van der Waals surface area (Å²) in [6, 6.07) is 33.0. The SMILES string of the molecule is CC12c3cc(-c4ccccc4)ccc3Nc3cccc(c31)-c1ccccc12. The molecule has 1 aliphatic carbocycles. The minimum Gasteiger partial charge on any atom is -0.355 e. The zero-order valence-corrected chi connectivity index (χ0v) is 15.2. The second kappa shape index (κ2) is 5.11. The Morgan fingerprint density at radius 1 is 0.593 bits per heavy atom. The Labute approximate surface area is 159 Å². The van der Waals surface area contributed by atoms with Gasteiger partial charge in [-0.1, -0.05) is 72.8 Å². The van der Waals surface area contributed by atoms with Crippen LogP contribution in [-0.2, 0) is 5.41 Å². The Bertz CT molecular complexity index is 1210. The van der Waals surface area contributed by atoms with Crippen molar-refractivity contribution in [1.29, 1.82) is 0 Å². The van der Waals surface area contributed by atoms with Gasteiger partial charge in [0.1, 0.15) is 0 Å². The van der Waals surface area contributed by atoms with Crippen LogP contribution in [0.1, 0.15) is 23.6 Å². The Morgan fingerprint density at radius 2 is 1.37 bits per heavy atom. The van der Waals surface area contributed by atoms with E-state index in [4.69, 9.17) is 0 Å². The molecular formula is C26H19N. The minimum absolute atomic E-state index is 0.131. The van der Waals surface area contributed by atoms with Crippen LogP contribution in [0.3, 0.4) is 0 Å². The third kappa shape index (κ3) is 1.84. The van der Waals surface area contributed by atoms with Crippen LogP contribution in [0.5, 0.6) is 0 Å². The van der Waals surface area contributed by atoms with E-state index in [1.165, 1.54) is 50.3 Å². The third-order valence-corrected chi connectivity index (χ3v) is 6.26. The van der Waals surface area contributed by atoms with Gasteiger partial charge >= 0.3 is 0 Å². The quantitative estimate of drug-likeness (QED) is 0.402. The van der Waals surface area contributed by atoms with E-state index in [0.717, 1.165) is 0 Å². The molecule has 1 N–H and O–H groups in total. The third-order valence-electron chi connectivity index (χ3n) is 6.26. The molecule has 128 valence electrons. The maximum absolute atomic E-state index is 3.69. The maximum Gasteiger partial charge on any atom is 0.0476 e. The van der Waals surface area contributed by atoms with E-state index in [1.807, 2.05) is 0 Å². The van der Waals surface area contributed by atoms with Crippen molar-refractivity contribution in [3.8, 4) is 22.3 Å². The van der Waals surface area contributed by atoms with E-state index in [2.05, 4.69) is 103 Å². The average molecular weight is 345 g/mol. The highest BCUT2D eigenvalue weighted by molar-refractivity contribution is 5.93. The van der Waals surface area contributed by atoms with Crippen LogP contribution in [0.4, 0.5) is 11.4 Å². The van der Waals surface area contributed by atoms with Gasteiger partial charge in [0, 0.05) is 16.8 Å². The highest BCUT2D eigenvalue weighted by Crippen LogP contribution is 2.59. The molecule has 1 heterocycles. The fourth-order valence-corrected chi connectivity index (χ4v) is 5.01. The van der Waals surface area contributed by atoms with Gasteiger partial charge in [-0.3, -0.25) is 0 Å². The molecule has 4 aromatic carbocycles. The first-order valence-electron chi connectivity index (χ1n) is 9.47. The average Bonchev–Trinajstić information content (AvgIpc) is 3.00. The molecule has 1 nitrogen and oxygen atoms in total. The largest absolute Gasteiger partial charge is 0.355 e. The minimum atomic E-state index is -0.131. The van der Waals surface area contributed by atoms with E-state index >= 15 is 0 Å². The van der Waals surface area contributed by atoms with Gasteiger partial charge in [0.15, 0.2) is 0 Å². The monoisotopic (exact) mass is 345 g/mol. The van der Waals surface area contributed by atoms with Crippen LogP contribution in [0.25, 0.3) is 22.3 Å². The van der Waals surface area contributed by atoms with Gasteiger partial charge in [0.05, 0.1) is 0 Å². The van der Waals surface area contributed by atoms with Crippen LogP contribution < -0.4 is 5.32 Å². The van der Waals surface area contributed by atoms with Gasteiger partial charge in [-0.25, -0.2) is 0 Å². The molecule has 1 heteroatoms. The predicted molar refractivity (Wildman–Crippen MR) is 113 cm³/mol. The lowest BCUT2D eigenvalue weighted by Crippen LogP contribution is -2.28. The Hall–Kier alpha value is -3.32. The number of nitrogens with one attached hydrogen (secondary N) is 1. The molecule has 0 aromatic heterocycles. The smallest absolute Gasteiger partial charge is 0.0476 e. The first-order chi connectivity index (χ1) is 13.3. The van der Waals surface area contributed by atoms with E-state index in [0.29, 0.717) is 0 Å². The summed E-state index contributed by atoms with van der Waals surface area (Å²) in [5.74, 6) is 0. The number of anilines is 2. The summed E-state index contributed by atoms with van der Waals surface area (Å²) >= 11 is 0. The summed E-state index contributed by atoms with van der Waals surface area (Å²) in [6.45, 7) is 2.38. The first kappa shape index (κ1) is 14.8. The number of hydrogen-bond donors (Lipinski definition) is 1. The molecule has 0 bridgehead atoms. The molecule has 6 rings (SSSR count). The molecule has 0 saturated carbocycles. The van der Waals surface area contributed by atoms with Gasteiger partial charge in [-0.05, 0) is 64.1 Å². The number of hydrogen-bond acceptors (Lipinski definition) is 1. The topological polar surface area (TPSA) is 12.0 Å². The molecule has 0 fully saturated rings. The number of fused-ring (bicyclic) bond motifs is 5. The Balaban J connectivity index is 1.68. The summed E-state index contributed by atoms with van der Waals surface area (Å²) in [5.41, 5.74) is 11.7. The standard InChI is InChI=1S/C26H19N/c1-26-21-12-6-5-10-19(21)20-11-7-13-24(25(20)26)27-23-15-14-18(16-22(23)26)17-8-3-2-4-9-17/h2-16,27H,1H3. The molecule has 0 saturated heterocycles. The van der Waals surface area contributed by atoms with Crippen molar-refractivity contribution < 1.29 is 0 Å². The van der Waals surface area contributed by atoms with Crippen molar-refractivity contribution in [3.05, 3.63) is 108 Å². The van der Waals surface area contributed by atoms with Gasteiger partial charge in [0.25, 0.3) is 0 Å². The van der Waals surface area contributed by atoms with Crippen molar-refractivity contribution in [1.82, 2.24) is 0 Å². The first-order valence-corrected chi connectivity index (χ1v) is 9.47. The lowest BCUT2D eigenvalue weighted by molar-refractivity contribution is 0.710. The van der Waals surface area contributed by atoms with Crippen molar-refractivity contribution in [2.45, 2.75) is 12.3 Å². The van der Waals surface area contributed by atoms with Crippen molar-refractivity contribution >= 4 is 11.4 Å². The van der Waals surface area contributed by atoms with Crippen LogP contribution in [0, 0.1) is 0 Å². The second-order valence-electron chi connectivity index (χ2n) is 7.65. The van der Waals surface area contributed by atoms with Crippen LogP contribution in [-0.4, -0.2) is 0 Å². The van der Waals surface area contributed by atoms with E-state index < -0.39 is 0 Å². The summed E-state index contributed by atoms with van der Waals surface area (Å²) in [4.78, 5) is 0. The van der Waals surface area contributed by atoms with E-state index in [9.17, 15) is 0 Å². The molecular weight excluding hydrogens is 326 g/mol. The number of benzene rings is 4. The Kier molecular flexibility index (Phi) is 2.80. The Morgan fingerprint density at radius 3 is 2.26 bits per heavy atom. The molecule has 1 atom stereocenters. The van der Waals surface area contributed by atoms with Crippen molar-refractivity contribution in [2.24, 2.45) is 0 Å². The maximum atomic E-state index is 3.69. The zero-order valence-electron chi connectivity index (χ0n) is 15.2. The molecule has 4 aromatic rings. The fraction of sp³-hybridized carbons (Fsp3) is 0.0769. The molecule has 1 aliphatic heterocycles. The molecule has 0 amide bonds. The van der Waals surface area contributed by atoms with Crippen molar-refractivity contribution in [3.63, 3.8) is 0 Å². The highest BCUT2D eigenvalue weighted by Gasteiger charge is 2.45. The van der Waals surface area contributed by atoms with Crippen LogP contribution in [0.2, 0.25) is 0 Å². The lowest BCUT2D eigenvalue weighted by Gasteiger charge is -2.36. The highest BCUT2D eigenvalue weighted by atomic mass is 14.9. The van der Waals surface area contributed by atoms with Gasteiger partial charge in [0.2, 0.25) is 0 Å². The second-order valence-corrected chi connectivity index (χ2v) is 7.65. The van der Waals surface area contributed by atoms with Gasteiger partial charge < -0.3 is 5.32 Å². The normalized spacial score (nSPS) is 18.3. The zero-order chi connectivity index (χ0) is 18.0. The van der Waals surface area contributed by atoms with Crippen molar-refractivity contribution in [2.75, 3.05) is 5.32 Å². The van der Waals surface area contributed by atoms with Crippen LogP contribution >= 0.6 is 0 Å². The molecule has 0 radical (unpaired) electrons.